The first-order valence-corrected chi connectivity index (χ1v) is 14.6. The van der Waals surface area contributed by atoms with E-state index in [0.717, 1.165) is 15.8 Å². The molecule has 2 fully saturated rings. The Morgan fingerprint density at radius 1 is 1.12 bits per heavy atom. The Morgan fingerprint density at radius 2 is 1.83 bits per heavy atom. The van der Waals surface area contributed by atoms with Crippen LogP contribution in [0.1, 0.15) is 71.4 Å². The number of hydrogen-bond donors (Lipinski definition) is 1. The molecule has 1 amide bonds. The molecular weight excluding hydrogens is 575 g/mol. The van der Waals surface area contributed by atoms with Gasteiger partial charge in [0.05, 0.1) is 39.4 Å². The Hall–Kier alpha value is -3.18. The molecule has 8 nitrogen and oxygen atoms in total. The highest BCUT2D eigenvalue weighted by Gasteiger charge is 2.65. The standard InChI is InChI=1S/C30H31ClF3N3O5/c1-42-19-14-36(15-19)26(38)18-9-10-20-23(13-18)37(35-25(20)16-5-7-17(8-6-16)28(40)41)27(39)24-21(3-2-4-22(24)31)29(11-12-29)30(32,33)34/h2-5,17-19H,6-15H2,1H3,(H,40,41). The number of aromatic nitrogens is 2. The van der Waals surface area contributed by atoms with E-state index in [-0.39, 0.29) is 47.4 Å². The lowest BCUT2D eigenvalue weighted by Gasteiger charge is -2.40. The van der Waals surface area contributed by atoms with Crippen molar-refractivity contribution < 1.29 is 37.4 Å². The number of aliphatic carboxylic acids is 1. The molecule has 1 saturated carbocycles. The largest absolute Gasteiger partial charge is 0.481 e. The molecule has 2 unspecified atom stereocenters. The third kappa shape index (κ3) is 4.74. The van der Waals surface area contributed by atoms with Gasteiger partial charge >= 0.3 is 12.1 Å². The number of fused-ring (bicyclic) bond motifs is 1. The van der Waals surface area contributed by atoms with Crippen LogP contribution in [0.2, 0.25) is 5.02 Å². The number of amides is 1. The molecule has 0 spiro atoms. The molecular formula is C30H31ClF3N3O5. The van der Waals surface area contributed by atoms with Crippen molar-refractivity contribution in [2.45, 2.75) is 69.1 Å². The van der Waals surface area contributed by atoms with Crippen LogP contribution in [0.25, 0.3) is 5.57 Å². The fourth-order valence-electron chi connectivity index (χ4n) is 6.62. The first kappa shape index (κ1) is 28.9. The number of halogens is 4. The maximum absolute atomic E-state index is 14.2. The van der Waals surface area contributed by atoms with E-state index in [0.29, 0.717) is 56.6 Å². The third-order valence-corrected chi connectivity index (χ3v) is 9.72. The summed E-state index contributed by atoms with van der Waals surface area (Å²) in [5.41, 5.74) is 0.0949. The summed E-state index contributed by atoms with van der Waals surface area (Å²) in [5.74, 6) is -2.61. The maximum Gasteiger partial charge on any atom is 0.398 e. The van der Waals surface area contributed by atoms with Crippen LogP contribution in [0.4, 0.5) is 13.2 Å². The monoisotopic (exact) mass is 605 g/mol. The van der Waals surface area contributed by atoms with Crippen LogP contribution in [0.5, 0.6) is 0 Å². The van der Waals surface area contributed by atoms with Gasteiger partial charge < -0.3 is 14.7 Å². The van der Waals surface area contributed by atoms with Crippen molar-refractivity contribution in [1.29, 1.82) is 0 Å². The molecule has 1 saturated heterocycles. The van der Waals surface area contributed by atoms with Crippen molar-refractivity contribution in [1.82, 2.24) is 14.7 Å². The smallest absolute Gasteiger partial charge is 0.398 e. The first-order chi connectivity index (χ1) is 19.9. The van der Waals surface area contributed by atoms with Crippen LogP contribution in [0, 0.1) is 11.8 Å². The number of carbonyl (C=O) groups is 3. The molecule has 4 aliphatic rings. The first-order valence-electron chi connectivity index (χ1n) is 14.2. The number of methoxy groups -OCH3 is 1. The van der Waals surface area contributed by atoms with Gasteiger partial charge in [-0.25, -0.2) is 0 Å². The van der Waals surface area contributed by atoms with Gasteiger partial charge in [-0.05, 0) is 62.1 Å². The Bertz CT molecular complexity index is 1490. The molecule has 3 aliphatic carbocycles. The van der Waals surface area contributed by atoms with Gasteiger partial charge in [0.2, 0.25) is 5.91 Å². The van der Waals surface area contributed by atoms with Gasteiger partial charge in [-0.15, -0.1) is 0 Å². The van der Waals surface area contributed by atoms with Crippen LogP contribution >= 0.6 is 11.6 Å². The lowest BCUT2D eigenvalue weighted by Crippen LogP contribution is -2.56. The molecule has 1 N–H and O–H groups in total. The van der Waals surface area contributed by atoms with E-state index in [1.54, 1.807) is 12.0 Å². The number of alkyl halides is 3. The van der Waals surface area contributed by atoms with Crippen molar-refractivity contribution in [3.05, 3.63) is 57.4 Å². The number of rotatable bonds is 6. The van der Waals surface area contributed by atoms with Crippen molar-refractivity contribution >= 4 is 35.0 Å². The molecule has 2 heterocycles. The van der Waals surface area contributed by atoms with Crippen LogP contribution in [-0.2, 0) is 32.6 Å². The second kappa shape index (κ2) is 10.5. The molecule has 42 heavy (non-hydrogen) atoms. The fraction of sp³-hybridized carbons (Fsp3) is 0.533. The lowest BCUT2D eigenvalue weighted by molar-refractivity contribution is -0.160. The summed E-state index contributed by atoms with van der Waals surface area (Å²) in [6.07, 6.45) is -0.636. The average Bonchev–Trinajstić information content (AvgIpc) is 3.68. The topological polar surface area (TPSA) is 102 Å². The summed E-state index contributed by atoms with van der Waals surface area (Å²) in [6.45, 7) is 0.977. The Morgan fingerprint density at radius 3 is 2.43 bits per heavy atom. The third-order valence-electron chi connectivity index (χ3n) is 9.41. The molecule has 2 aromatic rings. The van der Waals surface area contributed by atoms with E-state index in [4.69, 9.17) is 16.3 Å². The van der Waals surface area contributed by atoms with Gasteiger partial charge in [-0.2, -0.15) is 23.0 Å². The van der Waals surface area contributed by atoms with Crippen LogP contribution in [-0.4, -0.2) is 70.1 Å². The molecule has 6 rings (SSSR count). The predicted octanol–water partition coefficient (Wildman–Crippen LogP) is 5.05. The van der Waals surface area contributed by atoms with Gasteiger partial charge in [-0.3, -0.25) is 14.4 Å². The number of hydrogen-bond acceptors (Lipinski definition) is 5. The number of allylic oxidation sites excluding steroid dienone is 2. The minimum atomic E-state index is -4.55. The highest BCUT2D eigenvalue weighted by atomic mass is 35.5. The highest BCUT2D eigenvalue weighted by molar-refractivity contribution is 6.34. The molecule has 224 valence electrons. The lowest BCUT2D eigenvalue weighted by atomic mass is 9.82. The Labute approximate surface area is 245 Å². The van der Waals surface area contributed by atoms with Crippen LogP contribution in [0.15, 0.2) is 24.3 Å². The van der Waals surface area contributed by atoms with E-state index in [1.165, 1.54) is 18.2 Å². The number of nitrogens with zero attached hydrogens (tertiary/aromatic N) is 3. The maximum atomic E-state index is 14.2. The van der Waals surface area contributed by atoms with Crippen molar-refractivity contribution in [2.75, 3.05) is 20.2 Å². The van der Waals surface area contributed by atoms with Gasteiger partial charge in [-0.1, -0.05) is 29.8 Å². The van der Waals surface area contributed by atoms with E-state index in [1.807, 2.05) is 6.08 Å². The summed E-state index contributed by atoms with van der Waals surface area (Å²) >= 11 is 6.45. The van der Waals surface area contributed by atoms with Crippen molar-refractivity contribution in [3.8, 4) is 0 Å². The van der Waals surface area contributed by atoms with Gasteiger partial charge in [0.25, 0.3) is 5.91 Å². The Balaban J connectivity index is 1.41. The second-order valence-corrected chi connectivity index (χ2v) is 12.2. The number of carboxylic acid groups (broad SMARTS) is 1. The molecule has 0 radical (unpaired) electrons. The zero-order valence-corrected chi connectivity index (χ0v) is 23.8. The van der Waals surface area contributed by atoms with Crippen molar-refractivity contribution in [3.63, 3.8) is 0 Å². The normalized spacial score (nSPS) is 23.5. The zero-order valence-electron chi connectivity index (χ0n) is 23.0. The van der Waals surface area contributed by atoms with Gasteiger partial charge in [0, 0.05) is 38.1 Å². The number of carboxylic acids is 1. The van der Waals surface area contributed by atoms with Crippen LogP contribution < -0.4 is 0 Å². The quantitative estimate of drug-likeness (QED) is 0.495. The zero-order chi connectivity index (χ0) is 30.0. The van der Waals surface area contributed by atoms with Gasteiger partial charge in [0.15, 0.2) is 0 Å². The summed E-state index contributed by atoms with van der Waals surface area (Å²) < 4.78 is 49.0. The Kier molecular flexibility index (Phi) is 7.24. The molecule has 12 heteroatoms. The average molecular weight is 606 g/mol. The predicted molar refractivity (Wildman–Crippen MR) is 146 cm³/mol. The molecule has 2 atom stereocenters. The SMILES string of the molecule is COC1CN(C(=O)C2CCc3c(C4=CCC(C(=O)O)CC4)nn(C(=O)c4c(Cl)cccc4C4(C(F)(F)F)CC4)c3C2)C1. The van der Waals surface area contributed by atoms with Gasteiger partial charge in [0.1, 0.15) is 0 Å². The number of ether oxygens (including phenoxy) is 1. The fourth-order valence-corrected chi connectivity index (χ4v) is 6.88. The van der Waals surface area contributed by atoms with E-state index >= 15 is 0 Å². The van der Waals surface area contributed by atoms with Crippen LogP contribution in [0.3, 0.4) is 0 Å². The summed E-state index contributed by atoms with van der Waals surface area (Å²) in [5, 5.41) is 14.0. The number of likely N-dealkylation sites (tertiary alicyclic amines) is 1. The highest BCUT2D eigenvalue weighted by Crippen LogP contribution is 2.60. The van der Waals surface area contributed by atoms with Crippen molar-refractivity contribution in [2.24, 2.45) is 11.8 Å². The molecule has 1 aromatic heterocycles. The summed E-state index contributed by atoms with van der Waals surface area (Å²) in [4.78, 5) is 40.7. The summed E-state index contributed by atoms with van der Waals surface area (Å²) in [6, 6.07) is 4.14. The minimum absolute atomic E-state index is 0.0123. The number of carbonyl (C=O) groups excluding carboxylic acids is 2. The summed E-state index contributed by atoms with van der Waals surface area (Å²) in [7, 11) is 1.59. The van der Waals surface area contributed by atoms with E-state index in [9.17, 15) is 32.7 Å². The second-order valence-electron chi connectivity index (χ2n) is 11.8. The minimum Gasteiger partial charge on any atom is -0.481 e. The number of benzene rings is 1. The van der Waals surface area contributed by atoms with E-state index in [2.05, 4.69) is 5.10 Å². The molecule has 1 aromatic carbocycles. The van der Waals surface area contributed by atoms with E-state index < -0.39 is 35.3 Å². The molecule has 1 aliphatic heterocycles. The molecule has 0 bridgehead atoms.